The van der Waals surface area contributed by atoms with Crippen molar-refractivity contribution in [3.05, 3.63) is 45.3 Å². The Morgan fingerprint density at radius 3 is 0.656 bits per heavy atom. The molecule has 16 aliphatic rings. The molecule has 8 saturated carbocycles. The second-order valence-corrected chi connectivity index (χ2v) is 37.8. The molecule has 4 heterocycles. The highest BCUT2D eigenvalue weighted by molar-refractivity contribution is 5.98. The zero-order chi connectivity index (χ0) is 68.5. The molecule has 16 rings (SSSR count). The van der Waals surface area contributed by atoms with Crippen molar-refractivity contribution in [3.63, 3.8) is 0 Å². The van der Waals surface area contributed by atoms with Crippen LogP contribution in [0, 0.1) is 92.7 Å². The topological polar surface area (TPSA) is 173 Å². The van der Waals surface area contributed by atoms with Gasteiger partial charge in [-0.3, -0.25) is 38.4 Å². The predicted octanol–water partition coefficient (Wildman–Crippen LogP) is 18.4. The van der Waals surface area contributed by atoms with Crippen LogP contribution in [0.5, 0.6) is 0 Å². The van der Waals surface area contributed by atoms with E-state index in [1.54, 1.807) is 0 Å². The first-order chi connectivity index (χ1) is 45.2. The fourth-order valence-electron chi connectivity index (χ4n) is 23.7. The lowest BCUT2D eigenvalue weighted by molar-refractivity contribution is -0.148. The van der Waals surface area contributed by atoms with Crippen LogP contribution in [0.3, 0.4) is 0 Å². The third-order valence-corrected chi connectivity index (χ3v) is 29.8. The number of Topliss-reactive ketones (excluding diaryl/α,β-unsaturated/α-hetero) is 8. The maximum absolute atomic E-state index is 12.8. The minimum atomic E-state index is -0.256. The molecule has 96 heavy (non-hydrogen) atoms. The molecule has 0 N–H and O–H groups in total. The van der Waals surface area contributed by atoms with E-state index in [2.05, 4.69) is 83.1 Å². The first kappa shape index (κ1) is 70.0. The van der Waals surface area contributed by atoms with Crippen molar-refractivity contribution < 1.29 is 57.3 Å². The molecule has 0 saturated heterocycles. The molecule has 12 aliphatic carbocycles. The van der Waals surface area contributed by atoms with E-state index in [9.17, 15) is 38.4 Å². The molecule has 0 aromatic carbocycles. The van der Waals surface area contributed by atoms with Gasteiger partial charge in [0.15, 0.2) is 23.1 Å². The second kappa shape index (κ2) is 25.8. The zero-order valence-corrected chi connectivity index (χ0v) is 61.3. The zero-order valence-electron chi connectivity index (χ0n) is 61.3. The highest BCUT2D eigenvalue weighted by Crippen LogP contribution is 2.62. The average molecular weight is 1320 g/mol. The summed E-state index contributed by atoms with van der Waals surface area (Å²) < 4.78 is 25.9. The Bertz CT molecular complexity index is 2890. The Balaban J connectivity index is 0.000000116. The van der Waals surface area contributed by atoms with Crippen molar-refractivity contribution in [1.29, 1.82) is 0 Å². The number of carbonyl (C=O) groups is 8. The highest BCUT2D eigenvalue weighted by Gasteiger charge is 2.60. The number of hydrogen-bond donors (Lipinski definition) is 0. The van der Waals surface area contributed by atoms with E-state index in [4.69, 9.17) is 18.9 Å². The van der Waals surface area contributed by atoms with Crippen LogP contribution in [-0.4, -0.2) is 68.7 Å². The molecule has 8 fully saturated rings. The minimum Gasteiger partial charge on any atom is -0.491 e. The van der Waals surface area contributed by atoms with Gasteiger partial charge in [-0.2, -0.15) is 0 Å². The van der Waals surface area contributed by atoms with Crippen molar-refractivity contribution in [2.24, 2.45) is 92.7 Å². The molecular formula is C84H120O12. The molecule has 0 bridgehead atoms. The van der Waals surface area contributed by atoms with Crippen molar-refractivity contribution in [2.45, 2.75) is 337 Å². The summed E-state index contributed by atoms with van der Waals surface area (Å²) in [6, 6.07) is 0. The summed E-state index contributed by atoms with van der Waals surface area (Å²) in [4.78, 5) is 100. The summed E-state index contributed by atoms with van der Waals surface area (Å²) in [5.74, 6) is 10.7. The number of fused-ring (bicyclic) bond motifs is 8. The largest absolute Gasteiger partial charge is 0.491 e. The summed E-state index contributed by atoms with van der Waals surface area (Å²) in [6.07, 6.45) is 32.5. The van der Waals surface area contributed by atoms with E-state index >= 15 is 0 Å². The van der Waals surface area contributed by atoms with Gasteiger partial charge in [-0.25, -0.2) is 0 Å². The van der Waals surface area contributed by atoms with E-state index in [-0.39, 0.29) is 67.7 Å². The quantitative estimate of drug-likeness (QED) is 0.225. The first-order valence-electron chi connectivity index (χ1n) is 39.1. The number of hydrogen-bond acceptors (Lipinski definition) is 12. The highest BCUT2D eigenvalue weighted by atomic mass is 16.5. The summed E-state index contributed by atoms with van der Waals surface area (Å²) in [5.41, 5.74) is 3.71. The smallest absolute Gasteiger partial charge is 0.162 e. The number of rotatable bonds is 0. The molecule has 12 heteroatoms. The summed E-state index contributed by atoms with van der Waals surface area (Å²) in [5, 5.41) is 0. The van der Waals surface area contributed by atoms with Crippen molar-refractivity contribution in [1.82, 2.24) is 0 Å². The maximum Gasteiger partial charge on any atom is 0.162 e. The Labute approximate surface area is 575 Å². The minimum absolute atomic E-state index is 0.144. The monoisotopic (exact) mass is 1320 g/mol. The van der Waals surface area contributed by atoms with E-state index in [0.717, 1.165) is 251 Å². The van der Waals surface area contributed by atoms with Gasteiger partial charge < -0.3 is 18.9 Å². The van der Waals surface area contributed by atoms with Gasteiger partial charge in [0, 0.05) is 147 Å². The molecule has 0 aromatic rings. The average Bonchev–Trinajstić information content (AvgIpc) is 1.28. The van der Waals surface area contributed by atoms with E-state index in [0.29, 0.717) is 119 Å². The van der Waals surface area contributed by atoms with Crippen molar-refractivity contribution in [3.8, 4) is 0 Å². The molecule has 0 amide bonds. The molecule has 4 aliphatic heterocycles. The van der Waals surface area contributed by atoms with E-state index < -0.39 is 0 Å². The van der Waals surface area contributed by atoms with Crippen LogP contribution in [0.1, 0.15) is 314 Å². The van der Waals surface area contributed by atoms with Gasteiger partial charge in [0.2, 0.25) is 0 Å². The lowest BCUT2D eigenvalue weighted by atomic mass is 9.56. The fourth-order valence-corrected chi connectivity index (χ4v) is 23.7. The molecular weight excluding hydrogens is 1200 g/mol. The van der Waals surface area contributed by atoms with Gasteiger partial charge >= 0.3 is 0 Å². The molecule has 0 aromatic heterocycles. The van der Waals surface area contributed by atoms with Crippen molar-refractivity contribution >= 4 is 46.3 Å². The third kappa shape index (κ3) is 13.1. The van der Waals surface area contributed by atoms with Crippen LogP contribution in [-0.2, 0) is 57.3 Å². The summed E-state index contributed by atoms with van der Waals surface area (Å²) >= 11 is 0. The maximum atomic E-state index is 12.8. The normalized spacial score (nSPS) is 41.7. The van der Waals surface area contributed by atoms with Crippen LogP contribution in [0.4, 0.5) is 0 Å². The van der Waals surface area contributed by atoms with Gasteiger partial charge in [0.1, 0.15) is 68.6 Å². The van der Waals surface area contributed by atoms with Crippen LogP contribution in [0.25, 0.3) is 0 Å². The predicted molar refractivity (Wildman–Crippen MR) is 369 cm³/mol. The summed E-state index contributed by atoms with van der Waals surface area (Å²) in [7, 11) is 0. The Hall–Kier alpha value is -4.48. The lowest BCUT2D eigenvalue weighted by Gasteiger charge is -2.54. The number of carbonyl (C=O) groups excluding carboxylic acids is 8. The molecule has 16 atom stereocenters. The summed E-state index contributed by atoms with van der Waals surface area (Å²) in [6.45, 7) is 27.5. The Morgan fingerprint density at radius 2 is 0.458 bits per heavy atom. The standard InChI is InChI=1S/4C21H30O3/c4*1-20(2)9-5-7-18(23)15-12-21(3)13(11-16(15)20)10-14-17(22)6-4-8-19(14)24-21/h4*13,15-16H,4-12H2,1-3H3/t4*13-,15-,16-,21+/m1000/s1. The van der Waals surface area contributed by atoms with E-state index in [1.807, 2.05) is 0 Å². The van der Waals surface area contributed by atoms with Gasteiger partial charge in [0.05, 0.1) is 0 Å². The van der Waals surface area contributed by atoms with Crippen LogP contribution in [0.2, 0.25) is 0 Å². The van der Waals surface area contributed by atoms with E-state index in [1.165, 1.54) is 0 Å². The molecule has 0 radical (unpaired) electrons. The van der Waals surface area contributed by atoms with Gasteiger partial charge in [-0.1, -0.05) is 55.4 Å². The molecule has 528 valence electrons. The Kier molecular flexibility index (Phi) is 18.8. The van der Waals surface area contributed by atoms with Crippen molar-refractivity contribution in [2.75, 3.05) is 0 Å². The number of ether oxygens (including phenoxy) is 4. The lowest BCUT2D eigenvalue weighted by Crippen LogP contribution is -2.53. The molecule has 12 nitrogen and oxygen atoms in total. The number of allylic oxidation sites excluding steroid dienone is 8. The van der Waals surface area contributed by atoms with Gasteiger partial charge in [-0.05, 0) is 227 Å². The first-order valence-corrected chi connectivity index (χ1v) is 39.1. The SMILES string of the molecule is CC1(C)CCCC(=O)[C@@H]2C[C@]3(C)OC4=C(C[C@@H]3C[C@H]21)C(=O)CCC4.CC1(C)CCCC(=O)[C@H]2C[C@@]3(C)OC4=C(C[C@H]3C[C@@H]21)C(=O)CCC4.CC1(C)CCCC(=O)[C@H]2C[C@@]3(C)OC4=C(C[C@H]3C[C@@H]21)C(=O)CCC4.CC1(C)CCCC(=O)[C@H]2C[C@@]3(C)OC4=C(C[C@H]3C[C@@H]21)C(=O)CCC4. The van der Waals surface area contributed by atoms with Gasteiger partial charge in [-0.15, -0.1) is 0 Å². The van der Waals surface area contributed by atoms with Crippen LogP contribution in [0.15, 0.2) is 45.3 Å². The Morgan fingerprint density at radius 1 is 0.260 bits per heavy atom. The van der Waals surface area contributed by atoms with Crippen LogP contribution >= 0.6 is 0 Å². The third-order valence-electron chi connectivity index (χ3n) is 29.8. The molecule has 0 unspecified atom stereocenters. The fraction of sp³-hybridized carbons (Fsp3) is 0.810. The second-order valence-electron chi connectivity index (χ2n) is 37.8. The molecule has 0 spiro atoms. The van der Waals surface area contributed by atoms with Gasteiger partial charge in [0.25, 0.3) is 0 Å². The van der Waals surface area contributed by atoms with Crippen LogP contribution < -0.4 is 0 Å². The number of ketones is 8.